The molecule has 0 aliphatic carbocycles. The van der Waals surface area contributed by atoms with Crippen LogP contribution in [-0.2, 0) is 16.0 Å². The molecule has 1 aromatic rings. The number of aliphatic hydroxyl groups excluding tert-OH is 1. The Morgan fingerprint density at radius 2 is 1.92 bits per heavy atom. The molecule has 0 heterocycles. The molecule has 0 saturated heterocycles. The third-order valence-electron chi connectivity index (χ3n) is 4.07. The number of rotatable bonds is 11. The van der Waals surface area contributed by atoms with Gasteiger partial charge in [-0.25, -0.2) is 0 Å². The molecule has 2 amide bonds. The molecular weight excluding hydrogens is 304 g/mol. The Morgan fingerprint density at radius 1 is 1.21 bits per heavy atom. The van der Waals surface area contributed by atoms with Gasteiger partial charge in [0.2, 0.25) is 11.8 Å². The summed E-state index contributed by atoms with van der Waals surface area (Å²) in [6.45, 7) is 4.64. The highest BCUT2D eigenvalue weighted by Crippen LogP contribution is 2.14. The zero-order valence-electron chi connectivity index (χ0n) is 14.8. The number of benzene rings is 1. The fraction of sp³-hybridized carbons (Fsp3) is 0.579. The lowest BCUT2D eigenvalue weighted by molar-refractivity contribution is -0.140. The summed E-state index contributed by atoms with van der Waals surface area (Å²) in [6, 6.07) is 9.93. The summed E-state index contributed by atoms with van der Waals surface area (Å²) in [6.07, 6.45) is 3.26. The Labute approximate surface area is 145 Å². The van der Waals surface area contributed by atoms with Gasteiger partial charge in [0, 0.05) is 19.0 Å². The minimum Gasteiger partial charge on any atom is -0.395 e. The van der Waals surface area contributed by atoms with Gasteiger partial charge in [-0.05, 0) is 24.8 Å². The van der Waals surface area contributed by atoms with Crippen LogP contribution in [0.3, 0.4) is 0 Å². The van der Waals surface area contributed by atoms with Crippen molar-refractivity contribution in [3.05, 3.63) is 35.9 Å². The lowest BCUT2D eigenvalue weighted by Crippen LogP contribution is -2.44. The molecule has 0 saturated carbocycles. The summed E-state index contributed by atoms with van der Waals surface area (Å²) in [7, 11) is 0. The van der Waals surface area contributed by atoms with Crippen molar-refractivity contribution in [3.63, 3.8) is 0 Å². The van der Waals surface area contributed by atoms with Crippen molar-refractivity contribution in [1.29, 1.82) is 0 Å². The highest BCUT2D eigenvalue weighted by Gasteiger charge is 2.23. The first kappa shape index (κ1) is 20.2. The van der Waals surface area contributed by atoms with Crippen molar-refractivity contribution in [2.24, 2.45) is 5.92 Å². The molecule has 0 radical (unpaired) electrons. The molecule has 5 nitrogen and oxygen atoms in total. The van der Waals surface area contributed by atoms with E-state index in [4.69, 9.17) is 0 Å². The van der Waals surface area contributed by atoms with Crippen molar-refractivity contribution in [2.75, 3.05) is 26.2 Å². The van der Waals surface area contributed by atoms with Crippen LogP contribution in [-0.4, -0.2) is 48.1 Å². The second kappa shape index (κ2) is 11.6. The molecule has 5 heteroatoms. The summed E-state index contributed by atoms with van der Waals surface area (Å²) in [5.41, 5.74) is 1.16. The lowest BCUT2D eigenvalue weighted by Gasteiger charge is -2.25. The molecule has 24 heavy (non-hydrogen) atoms. The summed E-state index contributed by atoms with van der Waals surface area (Å²) < 4.78 is 0. The highest BCUT2D eigenvalue weighted by atomic mass is 16.3. The number of amides is 2. The maximum atomic E-state index is 12.5. The summed E-state index contributed by atoms with van der Waals surface area (Å²) in [5, 5.41) is 12.0. The van der Waals surface area contributed by atoms with E-state index in [-0.39, 0.29) is 37.4 Å². The van der Waals surface area contributed by atoms with Crippen molar-refractivity contribution in [3.8, 4) is 0 Å². The molecule has 0 aromatic heterocycles. The van der Waals surface area contributed by atoms with E-state index in [2.05, 4.69) is 5.32 Å². The van der Waals surface area contributed by atoms with E-state index in [1.165, 1.54) is 4.90 Å². The van der Waals surface area contributed by atoms with Crippen LogP contribution in [0.5, 0.6) is 0 Å². The zero-order chi connectivity index (χ0) is 17.8. The predicted molar refractivity (Wildman–Crippen MR) is 95.5 cm³/mol. The van der Waals surface area contributed by atoms with Crippen LogP contribution in [0.1, 0.15) is 38.7 Å². The summed E-state index contributed by atoms with van der Waals surface area (Å²) in [4.78, 5) is 26.1. The van der Waals surface area contributed by atoms with Crippen LogP contribution < -0.4 is 5.32 Å². The largest absolute Gasteiger partial charge is 0.395 e. The number of hydrogen-bond donors (Lipinski definition) is 2. The second-order valence-electron chi connectivity index (χ2n) is 5.96. The third-order valence-corrected chi connectivity index (χ3v) is 4.07. The summed E-state index contributed by atoms with van der Waals surface area (Å²) >= 11 is 0. The predicted octanol–water partition coefficient (Wildman–Crippen LogP) is 1.99. The molecule has 0 aliphatic rings. The Morgan fingerprint density at radius 3 is 2.50 bits per heavy atom. The molecule has 134 valence electrons. The van der Waals surface area contributed by atoms with Crippen LogP contribution in [0.4, 0.5) is 0 Å². The first-order valence-electron chi connectivity index (χ1n) is 8.82. The SMILES string of the molecule is CCCC(CC)C(=O)N(CCO)CC(=O)NCCc1ccccc1. The molecule has 1 aromatic carbocycles. The average Bonchev–Trinajstić information content (AvgIpc) is 2.59. The first-order chi connectivity index (χ1) is 11.6. The molecule has 0 fully saturated rings. The van der Waals surface area contributed by atoms with E-state index < -0.39 is 0 Å². The smallest absolute Gasteiger partial charge is 0.239 e. The minimum absolute atomic E-state index is 0.00833. The summed E-state index contributed by atoms with van der Waals surface area (Å²) in [5.74, 6) is -0.288. The van der Waals surface area contributed by atoms with Gasteiger partial charge in [0.05, 0.1) is 13.2 Å². The van der Waals surface area contributed by atoms with Gasteiger partial charge >= 0.3 is 0 Å². The number of aliphatic hydroxyl groups is 1. The fourth-order valence-electron chi connectivity index (χ4n) is 2.72. The van der Waals surface area contributed by atoms with Gasteiger partial charge in [-0.2, -0.15) is 0 Å². The molecular formula is C19H30N2O3. The average molecular weight is 334 g/mol. The lowest BCUT2D eigenvalue weighted by atomic mass is 9.99. The second-order valence-corrected chi connectivity index (χ2v) is 5.96. The number of nitrogens with zero attached hydrogens (tertiary/aromatic N) is 1. The van der Waals surface area contributed by atoms with Gasteiger partial charge in [-0.15, -0.1) is 0 Å². The van der Waals surface area contributed by atoms with Gasteiger partial charge in [0.1, 0.15) is 0 Å². The van der Waals surface area contributed by atoms with E-state index in [0.29, 0.717) is 6.54 Å². The van der Waals surface area contributed by atoms with E-state index in [1.807, 2.05) is 44.2 Å². The Kier molecular flexibility index (Phi) is 9.77. The first-order valence-corrected chi connectivity index (χ1v) is 8.82. The fourth-order valence-corrected chi connectivity index (χ4v) is 2.72. The molecule has 0 spiro atoms. The zero-order valence-corrected chi connectivity index (χ0v) is 14.8. The molecule has 0 aliphatic heterocycles. The number of carbonyl (C=O) groups is 2. The topological polar surface area (TPSA) is 69.6 Å². The van der Waals surface area contributed by atoms with Crippen LogP contribution >= 0.6 is 0 Å². The van der Waals surface area contributed by atoms with Gasteiger partial charge in [-0.1, -0.05) is 50.6 Å². The van der Waals surface area contributed by atoms with Crippen molar-refractivity contribution in [2.45, 2.75) is 39.5 Å². The maximum Gasteiger partial charge on any atom is 0.239 e. The van der Waals surface area contributed by atoms with Crippen molar-refractivity contribution in [1.82, 2.24) is 10.2 Å². The van der Waals surface area contributed by atoms with Gasteiger partial charge in [-0.3, -0.25) is 9.59 Å². The third kappa shape index (κ3) is 7.13. The monoisotopic (exact) mass is 334 g/mol. The van der Waals surface area contributed by atoms with Gasteiger partial charge in [0.15, 0.2) is 0 Å². The van der Waals surface area contributed by atoms with Crippen LogP contribution in [0.25, 0.3) is 0 Å². The minimum atomic E-state index is -0.181. The van der Waals surface area contributed by atoms with Crippen LogP contribution in [0, 0.1) is 5.92 Å². The maximum absolute atomic E-state index is 12.5. The van der Waals surface area contributed by atoms with Crippen molar-refractivity contribution >= 4 is 11.8 Å². The van der Waals surface area contributed by atoms with Gasteiger partial charge in [0.25, 0.3) is 0 Å². The highest BCUT2D eigenvalue weighted by molar-refractivity contribution is 5.85. The van der Waals surface area contributed by atoms with E-state index >= 15 is 0 Å². The standard InChI is InChI=1S/C19H30N2O3/c1-3-8-17(4-2)19(24)21(13-14-22)15-18(23)20-12-11-16-9-6-5-7-10-16/h5-7,9-10,17,22H,3-4,8,11-15H2,1-2H3,(H,20,23). The van der Waals surface area contributed by atoms with Gasteiger partial charge < -0.3 is 15.3 Å². The van der Waals surface area contributed by atoms with E-state index in [1.54, 1.807) is 0 Å². The quantitative estimate of drug-likeness (QED) is 0.650. The van der Waals surface area contributed by atoms with Crippen LogP contribution in [0.15, 0.2) is 30.3 Å². The normalized spacial score (nSPS) is 11.8. The molecule has 1 unspecified atom stereocenters. The Hall–Kier alpha value is -1.88. The van der Waals surface area contributed by atoms with E-state index in [9.17, 15) is 14.7 Å². The molecule has 1 atom stereocenters. The Balaban J connectivity index is 2.48. The number of carbonyl (C=O) groups excluding carboxylic acids is 2. The van der Waals surface area contributed by atoms with E-state index in [0.717, 1.165) is 31.2 Å². The number of nitrogens with one attached hydrogen (secondary N) is 1. The molecule has 1 rings (SSSR count). The molecule has 0 bridgehead atoms. The Bertz CT molecular complexity index is 491. The van der Waals surface area contributed by atoms with Crippen molar-refractivity contribution < 1.29 is 14.7 Å². The van der Waals surface area contributed by atoms with Crippen LogP contribution in [0.2, 0.25) is 0 Å². The number of hydrogen-bond acceptors (Lipinski definition) is 3. The molecule has 2 N–H and O–H groups in total.